The van der Waals surface area contributed by atoms with Crippen LogP contribution in [-0.2, 0) is 16.1 Å². The molecule has 2 aromatic rings. The summed E-state index contributed by atoms with van der Waals surface area (Å²) in [5.74, 6) is -0.466. The molecule has 1 fully saturated rings. The maximum atomic E-state index is 13.0. The number of nitrogens with zero attached hydrogens (tertiary/aromatic N) is 1. The number of thiocarbonyl (C=S) groups is 1. The van der Waals surface area contributed by atoms with E-state index in [0.717, 1.165) is 28.6 Å². The first-order chi connectivity index (χ1) is 11.6. The summed E-state index contributed by atoms with van der Waals surface area (Å²) in [7, 11) is 0. The summed E-state index contributed by atoms with van der Waals surface area (Å²) in [6.07, 6.45) is 0. The zero-order valence-corrected chi connectivity index (χ0v) is 14.1. The van der Waals surface area contributed by atoms with Gasteiger partial charge >= 0.3 is 0 Å². The summed E-state index contributed by atoms with van der Waals surface area (Å²) in [4.78, 5) is 27.3. The largest absolute Gasteiger partial charge is 0.307 e. The summed E-state index contributed by atoms with van der Waals surface area (Å²) in [5.41, 5.74) is 3.07. The second-order valence-corrected chi connectivity index (χ2v) is 7.13. The van der Waals surface area contributed by atoms with E-state index in [2.05, 4.69) is 5.32 Å². The minimum atomic E-state index is -0.301. The van der Waals surface area contributed by atoms with Crippen LogP contribution in [0.3, 0.4) is 0 Å². The van der Waals surface area contributed by atoms with Gasteiger partial charge in [0.05, 0.1) is 22.7 Å². The number of rotatable bonds is 2. The maximum Gasteiger partial charge on any atom is 0.264 e. The van der Waals surface area contributed by atoms with E-state index in [4.69, 9.17) is 12.2 Å². The van der Waals surface area contributed by atoms with Gasteiger partial charge in [-0.1, -0.05) is 72.5 Å². The van der Waals surface area contributed by atoms with Crippen LogP contribution < -0.4 is 10.2 Å². The Morgan fingerprint density at radius 1 is 1.00 bits per heavy atom. The van der Waals surface area contributed by atoms with Gasteiger partial charge in [0.15, 0.2) is 0 Å². The van der Waals surface area contributed by atoms with Crippen LogP contribution in [0.2, 0.25) is 0 Å². The number of hydrogen-bond acceptors (Lipinski definition) is 4. The number of benzene rings is 2. The van der Waals surface area contributed by atoms with Gasteiger partial charge in [-0.2, -0.15) is 0 Å². The number of fused-ring (bicyclic) bond motifs is 1. The molecule has 0 bridgehead atoms. The molecule has 2 aliphatic heterocycles. The molecule has 24 heavy (non-hydrogen) atoms. The summed E-state index contributed by atoms with van der Waals surface area (Å²) in [5, 5.41) is 2.59. The van der Waals surface area contributed by atoms with E-state index in [9.17, 15) is 9.59 Å². The van der Waals surface area contributed by atoms with Gasteiger partial charge in [-0.15, -0.1) is 0 Å². The average molecular weight is 352 g/mol. The molecule has 0 spiro atoms. The van der Waals surface area contributed by atoms with Gasteiger partial charge in [-0.3, -0.25) is 9.59 Å². The molecule has 0 unspecified atom stereocenters. The van der Waals surface area contributed by atoms with Gasteiger partial charge in [-0.05, 0) is 11.6 Å². The van der Waals surface area contributed by atoms with Crippen molar-refractivity contribution >= 4 is 51.4 Å². The Balaban J connectivity index is 1.82. The second-order valence-electron chi connectivity index (χ2n) is 5.44. The first-order valence-corrected chi connectivity index (χ1v) is 8.60. The molecule has 2 heterocycles. The van der Waals surface area contributed by atoms with Crippen molar-refractivity contribution in [2.45, 2.75) is 6.54 Å². The van der Waals surface area contributed by atoms with Crippen molar-refractivity contribution in [2.24, 2.45) is 0 Å². The van der Waals surface area contributed by atoms with Gasteiger partial charge < -0.3 is 10.2 Å². The van der Waals surface area contributed by atoms with Crippen molar-refractivity contribution in [3.63, 3.8) is 0 Å². The fourth-order valence-electron chi connectivity index (χ4n) is 2.90. The van der Waals surface area contributed by atoms with Gasteiger partial charge in [0.2, 0.25) is 0 Å². The molecule has 118 valence electrons. The van der Waals surface area contributed by atoms with Gasteiger partial charge in [0, 0.05) is 5.56 Å². The Bertz CT molecular complexity index is 906. The van der Waals surface area contributed by atoms with Crippen LogP contribution in [0, 0.1) is 0 Å². The predicted molar refractivity (Wildman–Crippen MR) is 99.3 cm³/mol. The van der Waals surface area contributed by atoms with E-state index in [-0.39, 0.29) is 11.8 Å². The third-order valence-corrected chi connectivity index (χ3v) is 5.18. The zero-order chi connectivity index (χ0) is 16.7. The summed E-state index contributed by atoms with van der Waals surface area (Å²) in [6.45, 7) is 0.462. The fourth-order valence-corrected chi connectivity index (χ4v) is 4.02. The van der Waals surface area contributed by atoms with Crippen molar-refractivity contribution in [1.29, 1.82) is 0 Å². The van der Waals surface area contributed by atoms with Crippen LogP contribution in [0.15, 0.2) is 59.5 Å². The third-order valence-electron chi connectivity index (χ3n) is 3.95. The van der Waals surface area contributed by atoms with Gasteiger partial charge in [0.25, 0.3) is 11.8 Å². The summed E-state index contributed by atoms with van der Waals surface area (Å²) >= 11 is 6.20. The number of hydrogen-bond donors (Lipinski definition) is 1. The molecule has 0 aliphatic carbocycles. The SMILES string of the molecule is O=C1NC(=S)SC1=C1C(=O)N(Cc2ccccc2)c2ccccc21. The van der Waals surface area contributed by atoms with Crippen LogP contribution in [-0.4, -0.2) is 16.1 Å². The highest BCUT2D eigenvalue weighted by atomic mass is 32.2. The van der Waals surface area contributed by atoms with Crippen LogP contribution in [0.1, 0.15) is 11.1 Å². The van der Waals surface area contributed by atoms with E-state index < -0.39 is 0 Å². The first-order valence-electron chi connectivity index (χ1n) is 7.38. The minimum absolute atomic E-state index is 0.164. The van der Waals surface area contributed by atoms with Crippen LogP contribution in [0.25, 0.3) is 5.57 Å². The maximum absolute atomic E-state index is 13.0. The van der Waals surface area contributed by atoms with Gasteiger partial charge in [0.1, 0.15) is 4.32 Å². The second kappa shape index (κ2) is 5.89. The quantitative estimate of drug-likeness (QED) is 0.667. The zero-order valence-electron chi connectivity index (χ0n) is 12.5. The lowest BCUT2D eigenvalue weighted by molar-refractivity contribution is -0.116. The van der Waals surface area contributed by atoms with E-state index in [1.807, 2.05) is 54.6 Å². The normalized spacial score (nSPS) is 19.7. The number of carbonyl (C=O) groups is 2. The molecular weight excluding hydrogens is 340 g/mol. The molecule has 2 aromatic carbocycles. The van der Waals surface area contributed by atoms with E-state index in [1.54, 1.807) is 4.90 Å². The molecule has 6 heteroatoms. The smallest absolute Gasteiger partial charge is 0.264 e. The Hall–Kier alpha value is -2.44. The predicted octanol–water partition coefficient (Wildman–Crippen LogP) is 3.09. The Labute approximate surface area is 148 Å². The number of carbonyl (C=O) groups excluding carboxylic acids is 2. The van der Waals surface area contributed by atoms with Crippen molar-refractivity contribution in [3.8, 4) is 0 Å². The molecule has 1 saturated heterocycles. The topological polar surface area (TPSA) is 49.4 Å². The monoisotopic (exact) mass is 352 g/mol. The van der Waals surface area contributed by atoms with E-state index in [0.29, 0.717) is 21.3 Å². The highest BCUT2D eigenvalue weighted by molar-refractivity contribution is 8.27. The molecule has 4 rings (SSSR count). The van der Waals surface area contributed by atoms with Crippen LogP contribution in [0.4, 0.5) is 5.69 Å². The molecule has 2 amide bonds. The first kappa shape index (κ1) is 15.1. The van der Waals surface area contributed by atoms with Crippen molar-refractivity contribution in [2.75, 3.05) is 4.90 Å². The number of para-hydroxylation sites is 1. The number of thioether (sulfide) groups is 1. The number of anilines is 1. The van der Waals surface area contributed by atoms with E-state index in [1.165, 1.54) is 0 Å². The Morgan fingerprint density at radius 2 is 1.71 bits per heavy atom. The molecule has 0 aromatic heterocycles. The highest BCUT2D eigenvalue weighted by Crippen LogP contribution is 2.43. The third kappa shape index (κ3) is 2.44. The van der Waals surface area contributed by atoms with Crippen molar-refractivity contribution in [3.05, 3.63) is 70.6 Å². The highest BCUT2D eigenvalue weighted by Gasteiger charge is 2.38. The van der Waals surface area contributed by atoms with Crippen LogP contribution >= 0.6 is 24.0 Å². The summed E-state index contributed by atoms with van der Waals surface area (Å²) < 4.78 is 0.384. The minimum Gasteiger partial charge on any atom is -0.307 e. The van der Waals surface area contributed by atoms with E-state index >= 15 is 0 Å². The molecule has 0 saturated carbocycles. The molecule has 0 atom stereocenters. The molecule has 2 aliphatic rings. The fraction of sp³-hybridized carbons (Fsp3) is 0.0556. The Kier molecular flexibility index (Phi) is 3.70. The average Bonchev–Trinajstić information content (AvgIpc) is 3.05. The standard InChI is InChI=1S/C18H12N2O2S2/c21-16-15(24-18(23)19-16)14-12-8-4-5-9-13(12)20(17(14)22)10-11-6-2-1-3-7-11/h1-9H,10H2,(H,19,21,23). The van der Waals surface area contributed by atoms with Crippen molar-refractivity contribution in [1.82, 2.24) is 5.32 Å². The molecule has 0 radical (unpaired) electrons. The number of nitrogens with one attached hydrogen (secondary N) is 1. The Morgan fingerprint density at radius 3 is 2.42 bits per heavy atom. The van der Waals surface area contributed by atoms with Crippen LogP contribution in [0.5, 0.6) is 0 Å². The van der Waals surface area contributed by atoms with Gasteiger partial charge in [-0.25, -0.2) is 0 Å². The molecule has 4 nitrogen and oxygen atoms in total. The molecule has 1 N–H and O–H groups in total. The number of amides is 2. The lowest BCUT2D eigenvalue weighted by Crippen LogP contribution is -2.26. The summed E-state index contributed by atoms with van der Waals surface area (Å²) in [6, 6.07) is 17.3. The van der Waals surface area contributed by atoms with Crippen molar-refractivity contribution < 1.29 is 9.59 Å². The lowest BCUT2D eigenvalue weighted by Gasteiger charge is -2.17. The lowest BCUT2D eigenvalue weighted by atomic mass is 10.1. The molecular formula is C18H12N2O2S2.